The third kappa shape index (κ3) is 2.86. The van der Waals surface area contributed by atoms with Gasteiger partial charge >= 0.3 is 0 Å². The van der Waals surface area contributed by atoms with Crippen LogP contribution in [0.2, 0.25) is 0 Å². The van der Waals surface area contributed by atoms with Gasteiger partial charge in [-0.2, -0.15) is 16.8 Å². The summed E-state index contributed by atoms with van der Waals surface area (Å²) in [6.07, 6.45) is -0.826. The van der Waals surface area contributed by atoms with Gasteiger partial charge < -0.3 is 14.6 Å². The standard InChI is InChI=1S/C9H10O9S2/c10-3-5-4-17-9-7(18-5)1-6(19(11,12)13)2-8(9)20(14,15)16/h1-2,5,10H,3-4H2,(H,11,12,13)(H,14,15,16). The van der Waals surface area contributed by atoms with Gasteiger partial charge in [0.05, 0.1) is 11.5 Å². The van der Waals surface area contributed by atoms with Crippen molar-refractivity contribution in [3.8, 4) is 11.5 Å². The predicted octanol–water partition coefficient (Wildman–Crippen LogP) is -0.688. The number of benzene rings is 1. The maximum Gasteiger partial charge on any atom is 0.298 e. The molecule has 0 saturated carbocycles. The van der Waals surface area contributed by atoms with Gasteiger partial charge in [0.1, 0.15) is 11.5 Å². The fraction of sp³-hybridized carbons (Fsp3) is 0.333. The summed E-state index contributed by atoms with van der Waals surface area (Å²) in [4.78, 5) is -1.63. The highest BCUT2D eigenvalue weighted by molar-refractivity contribution is 7.86. The molecule has 0 fully saturated rings. The van der Waals surface area contributed by atoms with E-state index in [0.29, 0.717) is 6.07 Å². The summed E-state index contributed by atoms with van der Waals surface area (Å²) in [6.45, 7) is -0.631. The van der Waals surface area contributed by atoms with Crippen LogP contribution in [0.3, 0.4) is 0 Å². The van der Waals surface area contributed by atoms with E-state index in [4.69, 9.17) is 23.7 Å². The summed E-state index contributed by atoms with van der Waals surface area (Å²) >= 11 is 0. The largest absolute Gasteiger partial charge is 0.484 e. The Labute approximate surface area is 114 Å². The van der Waals surface area contributed by atoms with Crippen LogP contribution < -0.4 is 9.47 Å². The molecule has 0 saturated heterocycles. The van der Waals surface area contributed by atoms with Crippen molar-refractivity contribution >= 4 is 20.2 Å². The molecule has 0 aromatic heterocycles. The van der Waals surface area contributed by atoms with Crippen molar-refractivity contribution in [2.75, 3.05) is 13.2 Å². The molecule has 2 rings (SSSR count). The van der Waals surface area contributed by atoms with Crippen molar-refractivity contribution in [2.24, 2.45) is 0 Å². The van der Waals surface area contributed by atoms with Gasteiger partial charge in [-0.15, -0.1) is 0 Å². The minimum absolute atomic E-state index is 0.183. The Morgan fingerprint density at radius 3 is 2.30 bits per heavy atom. The Balaban J connectivity index is 2.70. The smallest absolute Gasteiger partial charge is 0.298 e. The second kappa shape index (κ2) is 4.86. The molecule has 1 aromatic carbocycles. The number of rotatable bonds is 3. The van der Waals surface area contributed by atoms with E-state index in [1.165, 1.54) is 0 Å². The van der Waals surface area contributed by atoms with Gasteiger partial charge in [0, 0.05) is 6.07 Å². The first kappa shape index (κ1) is 15.0. The quantitative estimate of drug-likeness (QED) is 0.614. The molecule has 3 N–H and O–H groups in total. The molecular weight excluding hydrogens is 316 g/mol. The van der Waals surface area contributed by atoms with E-state index in [0.717, 1.165) is 6.07 Å². The van der Waals surface area contributed by atoms with Crippen LogP contribution in [0.1, 0.15) is 0 Å². The third-order valence-corrected chi connectivity index (χ3v) is 4.17. The Morgan fingerprint density at radius 1 is 1.15 bits per heavy atom. The predicted molar refractivity (Wildman–Crippen MR) is 63.1 cm³/mol. The molecule has 1 heterocycles. The molecule has 1 unspecified atom stereocenters. The number of hydrogen-bond donors (Lipinski definition) is 3. The molecule has 9 nitrogen and oxygen atoms in total. The van der Waals surface area contributed by atoms with Crippen LogP contribution in [-0.4, -0.2) is 50.4 Å². The Hall–Kier alpha value is -1.40. The van der Waals surface area contributed by atoms with Crippen LogP contribution in [0.4, 0.5) is 0 Å². The van der Waals surface area contributed by atoms with E-state index < -0.39 is 42.7 Å². The first-order valence-electron chi connectivity index (χ1n) is 5.16. The average Bonchev–Trinajstić information content (AvgIpc) is 2.34. The summed E-state index contributed by atoms with van der Waals surface area (Å²) in [6, 6.07) is 1.38. The Kier molecular flexibility index (Phi) is 3.64. The molecule has 112 valence electrons. The highest BCUT2D eigenvalue weighted by Crippen LogP contribution is 2.40. The fourth-order valence-corrected chi connectivity index (χ4v) is 2.87. The second-order valence-electron chi connectivity index (χ2n) is 3.93. The monoisotopic (exact) mass is 326 g/mol. The zero-order valence-corrected chi connectivity index (χ0v) is 11.4. The van der Waals surface area contributed by atoms with Crippen LogP contribution in [0.15, 0.2) is 21.9 Å². The first-order chi connectivity index (χ1) is 9.13. The van der Waals surface area contributed by atoms with Gasteiger partial charge in [-0.05, 0) is 6.07 Å². The molecule has 0 bridgehead atoms. The SMILES string of the molecule is O=S(=O)(O)c1cc2c(c(S(=O)(=O)O)c1)OCC(CO)O2. The summed E-state index contributed by atoms with van der Waals surface area (Å²) in [5.41, 5.74) is 0. The lowest BCUT2D eigenvalue weighted by Crippen LogP contribution is -2.33. The zero-order valence-electron chi connectivity index (χ0n) is 9.75. The fourth-order valence-electron chi connectivity index (χ4n) is 1.60. The topological polar surface area (TPSA) is 147 Å². The van der Waals surface area contributed by atoms with E-state index in [9.17, 15) is 16.8 Å². The van der Waals surface area contributed by atoms with Gasteiger partial charge in [-0.25, -0.2) is 0 Å². The van der Waals surface area contributed by atoms with Crippen molar-refractivity contribution in [2.45, 2.75) is 15.9 Å². The molecule has 0 amide bonds. The van der Waals surface area contributed by atoms with Gasteiger partial charge in [-0.1, -0.05) is 0 Å². The number of hydrogen-bond acceptors (Lipinski definition) is 7. The van der Waals surface area contributed by atoms with E-state index in [1.807, 2.05) is 0 Å². The number of aliphatic hydroxyl groups is 1. The maximum absolute atomic E-state index is 11.2. The van der Waals surface area contributed by atoms with Crippen molar-refractivity contribution < 1.29 is 40.5 Å². The molecule has 1 aliphatic heterocycles. The molecule has 1 aliphatic rings. The molecule has 1 aromatic rings. The normalized spacial score (nSPS) is 18.9. The molecule has 1 atom stereocenters. The summed E-state index contributed by atoms with van der Waals surface area (Å²) < 4.78 is 72.8. The van der Waals surface area contributed by atoms with Gasteiger partial charge in [0.25, 0.3) is 20.2 Å². The molecule has 0 aliphatic carbocycles. The molecule has 0 radical (unpaired) electrons. The Morgan fingerprint density at radius 2 is 1.80 bits per heavy atom. The van der Waals surface area contributed by atoms with Crippen LogP contribution in [0.25, 0.3) is 0 Å². The zero-order chi connectivity index (χ0) is 15.1. The van der Waals surface area contributed by atoms with Crippen LogP contribution in [0, 0.1) is 0 Å². The number of aliphatic hydroxyl groups excluding tert-OH is 1. The minimum Gasteiger partial charge on any atom is -0.484 e. The minimum atomic E-state index is -4.79. The summed E-state index contributed by atoms with van der Waals surface area (Å²) in [5.74, 6) is -0.706. The lowest BCUT2D eigenvalue weighted by Gasteiger charge is -2.26. The summed E-state index contributed by atoms with van der Waals surface area (Å²) in [7, 11) is -9.51. The van der Waals surface area contributed by atoms with Gasteiger partial charge in [0.2, 0.25) is 0 Å². The van der Waals surface area contributed by atoms with Crippen molar-refractivity contribution in [3.05, 3.63) is 12.1 Å². The summed E-state index contributed by atoms with van der Waals surface area (Å²) in [5, 5.41) is 8.93. The number of fused-ring (bicyclic) bond motifs is 1. The molecule has 20 heavy (non-hydrogen) atoms. The van der Waals surface area contributed by atoms with E-state index in [1.54, 1.807) is 0 Å². The van der Waals surface area contributed by atoms with Gasteiger partial charge in [0.15, 0.2) is 17.6 Å². The highest BCUT2D eigenvalue weighted by Gasteiger charge is 2.30. The molecule has 11 heteroatoms. The van der Waals surface area contributed by atoms with Gasteiger partial charge in [-0.3, -0.25) is 9.11 Å². The lowest BCUT2D eigenvalue weighted by atomic mass is 10.2. The maximum atomic E-state index is 11.2. The Bertz CT molecular complexity index is 735. The second-order valence-corrected chi connectivity index (χ2v) is 6.74. The molecule has 0 spiro atoms. The van der Waals surface area contributed by atoms with Crippen molar-refractivity contribution in [3.63, 3.8) is 0 Å². The van der Waals surface area contributed by atoms with Crippen LogP contribution in [0.5, 0.6) is 11.5 Å². The van der Waals surface area contributed by atoms with Crippen molar-refractivity contribution in [1.29, 1.82) is 0 Å². The highest BCUT2D eigenvalue weighted by atomic mass is 32.2. The third-order valence-electron chi connectivity index (χ3n) is 2.48. The van der Waals surface area contributed by atoms with Crippen LogP contribution in [-0.2, 0) is 20.2 Å². The number of ether oxygens (including phenoxy) is 2. The lowest BCUT2D eigenvalue weighted by molar-refractivity contribution is 0.0431. The van der Waals surface area contributed by atoms with E-state index in [2.05, 4.69) is 0 Å². The van der Waals surface area contributed by atoms with E-state index >= 15 is 0 Å². The first-order valence-corrected chi connectivity index (χ1v) is 8.04. The van der Waals surface area contributed by atoms with Crippen LogP contribution >= 0.6 is 0 Å². The van der Waals surface area contributed by atoms with Crippen molar-refractivity contribution in [1.82, 2.24) is 0 Å². The average molecular weight is 326 g/mol. The molecular formula is C9H10O9S2. The van der Waals surface area contributed by atoms with E-state index in [-0.39, 0.29) is 18.1 Å².